The second kappa shape index (κ2) is 5.33. The Morgan fingerprint density at radius 3 is 2.55 bits per heavy atom. The molecule has 0 amide bonds. The van der Waals surface area contributed by atoms with E-state index in [1.54, 1.807) is 26.0 Å². The lowest BCUT2D eigenvalue weighted by molar-refractivity contribution is 0.0215. The molecule has 3 rings (SSSR count). The molecule has 1 saturated heterocycles. The van der Waals surface area contributed by atoms with Crippen LogP contribution in [0, 0.1) is 0 Å². The van der Waals surface area contributed by atoms with Crippen LogP contribution in [0.3, 0.4) is 0 Å². The molecule has 0 spiro atoms. The molecule has 1 unspecified atom stereocenters. The van der Waals surface area contributed by atoms with Gasteiger partial charge in [0.25, 0.3) is 0 Å². The Bertz CT molecular complexity index is 788. The van der Waals surface area contributed by atoms with Crippen LogP contribution in [0.25, 0.3) is 10.8 Å². The maximum Gasteiger partial charge on any atom is 0.244 e. The topological polar surface area (TPSA) is 57.6 Å². The Morgan fingerprint density at radius 2 is 1.82 bits per heavy atom. The lowest BCUT2D eigenvalue weighted by atomic mass is 9.98. The summed E-state index contributed by atoms with van der Waals surface area (Å²) in [5, 5.41) is 11.9. The molecule has 0 bridgehead atoms. The standard InChI is InChI=1S/C17H21NO3S/c1-17(2,19)16-11-6-12-18(16)22(20,21)15-10-5-8-13-7-3-4-9-14(13)15/h3-5,7-10,16,19H,6,11-12H2,1-2H3. The third-order valence-electron chi connectivity index (χ3n) is 4.36. The molecule has 118 valence electrons. The molecule has 1 heterocycles. The van der Waals surface area contributed by atoms with Gasteiger partial charge in [-0.2, -0.15) is 4.31 Å². The van der Waals surface area contributed by atoms with E-state index in [-0.39, 0.29) is 6.04 Å². The average molecular weight is 319 g/mol. The second-order valence-electron chi connectivity index (χ2n) is 6.40. The monoisotopic (exact) mass is 319 g/mol. The minimum absolute atomic E-state index is 0.321. The van der Waals surface area contributed by atoms with E-state index in [4.69, 9.17) is 0 Å². The van der Waals surface area contributed by atoms with Crippen molar-refractivity contribution >= 4 is 20.8 Å². The summed E-state index contributed by atoms with van der Waals surface area (Å²) in [6.07, 6.45) is 1.46. The van der Waals surface area contributed by atoms with Gasteiger partial charge in [-0.25, -0.2) is 8.42 Å². The molecule has 0 aromatic heterocycles. The number of sulfonamides is 1. The smallest absolute Gasteiger partial charge is 0.244 e. The molecule has 0 radical (unpaired) electrons. The zero-order chi connectivity index (χ0) is 16.0. The summed E-state index contributed by atoms with van der Waals surface area (Å²) in [7, 11) is -3.62. The first-order valence-corrected chi connectivity index (χ1v) is 8.98. The molecule has 2 aromatic carbocycles. The average Bonchev–Trinajstić information content (AvgIpc) is 2.97. The van der Waals surface area contributed by atoms with Gasteiger partial charge in [-0.3, -0.25) is 0 Å². The Morgan fingerprint density at radius 1 is 1.14 bits per heavy atom. The third-order valence-corrected chi connectivity index (χ3v) is 6.32. The Kier molecular flexibility index (Phi) is 3.75. The summed E-state index contributed by atoms with van der Waals surface area (Å²) in [6, 6.07) is 12.4. The summed E-state index contributed by atoms with van der Waals surface area (Å²) in [5.41, 5.74) is -1.05. The van der Waals surface area contributed by atoms with E-state index < -0.39 is 15.6 Å². The minimum atomic E-state index is -3.62. The van der Waals surface area contributed by atoms with Crippen molar-refractivity contribution in [2.24, 2.45) is 0 Å². The van der Waals surface area contributed by atoms with E-state index in [9.17, 15) is 13.5 Å². The van der Waals surface area contributed by atoms with Gasteiger partial charge in [-0.05, 0) is 38.1 Å². The fourth-order valence-electron chi connectivity index (χ4n) is 3.28. The van der Waals surface area contributed by atoms with Crippen molar-refractivity contribution < 1.29 is 13.5 Å². The Hall–Kier alpha value is -1.43. The van der Waals surface area contributed by atoms with Gasteiger partial charge < -0.3 is 5.11 Å². The predicted molar refractivity (Wildman–Crippen MR) is 87.2 cm³/mol. The van der Waals surface area contributed by atoms with Gasteiger partial charge in [0.1, 0.15) is 0 Å². The van der Waals surface area contributed by atoms with Gasteiger partial charge >= 0.3 is 0 Å². The number of nitrogens with zero attached hydrogens (tertiary/aromatic N) is 1. The van der Waals surface area contributed by atoms with E-state index in [0.29, 0.717) is 17.9 Å². The van der Waals surface area contributed by atoms with Crippen LogP contribution in [-0.2, 0) is 10.0 Å². The van der Waals surface area contributed by atoms with Gasteiger partial charge in [0, 0.05) is 11.9 Å². The molecule has 1 fully saturated rings. The highest BCUT2D eigenvalue weighted by molar-refractivity contribution is 7.89. The van der Waals surface area contributed by atoms with Gasteiger partial charge in [-0.1, -0.05) is 36.4 Å². The van der Waals surface area contributed by atoms with E-state index in [1.165, 1.54) is 4.31 Å². The van der Waals surface area contributed by atoms with E-state index in [1.807, 2.05) is 30.3 Å². The first kappa shape index (κ1) is 15.5. The first-order valence-electron chi connectivity index (χ1n) is 7.54. The van der Waals surface area contributed by atoms with Crippen LogP contribution < -0.4 is 0 Å². The summed E-state index contributed by atoms with van der Waals surface area (Å²) >= 11 is 0. The molecule has 0 aliphatic carbocycles. The molecule has 1 aliphatic rings. The van der Waals surface area contributed by atoms with E-state index in [2.05, 4.69) is 0 Å². The predicted octanol–water partition coefficient (Wildman–Crippen LogP) is 2.76. The van der Waals surface area contributed by atoms with Crippen molar-refractivity contribution in [1.29, 1.82) is 0 Å². The third kappa shape index (κ3) is 2.53. The van der Waals surface area contributed by atoms with E-state index >= 15 is 0 Å². The fourth-order valence-corrected chi connectivity index (χ4v) is 5.32. The number of hydrogen-bond donors (Lipinski definition) is 1. The van der Waals surface area contributed by atoms with Crippen LogP contribution in [0.1, 0.15) is 26.7 Å². The minimum Gasteiger partial charge on any atom is -0.389 e. The molecule has 1 aliphatic heterocycles. The normalized spacial score (nSPS) is 20.6. The second-order valence-corrected chi connectivity index (χ2v) is 8.26. The van der Waals surface area contributed by atoms with Crippen LogP contribution in [-0.4, -0.2) is 36.0 Å². The molecule has 5 heteroatoms. The lowest BCUT2D eigenvalue weighted by Crippen LogP contribution is -2.48. The summed E-state index contributed by atoms with van der Waals surface area (Å²) in [4.78, 5) is 0.321. The fraction of sp³-hybridized carbons (Fsp3) is 0.412. The SMILES string of the molecule is CC(C)(O)C1CCCN1S(=O)(=O)c1cccc2ccccc12. The van der Waals surface area contributed by atoms with Crippen LogP contribution in [0.2, 0.25) is 0 Å². The quantitative estimate of drug-likeness (QED) is 0.946. The molecule has 2 aromatic rings. The van der Waals surface area contributed by atoms with Crippen molar-refractivity contribution in [2.45, 2.75) is 43.2 Å². The number of benzene rings is 2. The summed E-state index contributed by atoms with van der Waals surface area (Å²) < 4.78 is 27.7. The largest absolute Gasteiger partial charge is 0.389 e. The number of aliphatic hydroxyl groups is 1. The van der Waals surface area contributed by atoms with Gasteiger partial charge in [0.2, 0.25) is 10.0 Å². The van der Waals surface area contributed by atoms with Gasteiger partial charge in [-0.15, -0.1) is 0 Å². The maximum atomic E-state index is 13.1. The summed E-state index contributed by atoms with van der Waals surface area (Å²) in [5.74, 6) is 0. The zero-order valence-electron chi connectivity index (χ0n) is 12.9. The van der Waals surface area contributed by atoms with Crippen LogP contribution in [0.5, 0.6) is 0 Å². The molecule has 1 N–H and O–H groups in total. The van der Waals surface area contributed by atoms with Crippen LogP contribution >= 0.6 is 0 Å². The lowest BCUT2D eigenvalue weighted by Gasteiger charge is -2.33. The van der Waals surface area contributed by atoms with E-state index in [0.717, 1.165) is 17.2 Å². The van der Waals surface area contributed by atoms with Crippen molar-refractivity contribution in [2.75, 3.05) is 6.54 Å². The Labute approximate surface area is 131 Å². The first-order chi connectivity index (χ1) is 10.3. The molecular formula is C17H21NO3S. The van der Waals surface area contributed by atoms with Crippen molar-refractivity contribution in [3.8, 4) is 0 Å². The maximum absolute atomic E-state index is 13.1. The summed E-state index contributed by atoms with van der Waals surface area (Å²) in [6.45, 7) is 3.81. The van der Waals surface area contributed by atoms with Gasteiger partial charge in [0.15, 0.2) is 0 Å². The van der Waals surface area contributed by atoms with Crippen LogP contribution in [0.15, 0.2) is 47.4 Å². The van der Waals surface area contributed by atoms with Gasteiger partial charge in [0.05, 0.1) is 16.5 Å². The molecule has 4 nitrogen and oxygen atoms in total. The zero-order valence-corrected chi connectivity index (χ0v) is 13.7. The number of fused-ring (bicyclic) bond motifs is 1. The number of hydrogen-bond acceptors (Lipinski definition) is 3. The van der Waals surface area contributed by atoms with Crippen molar-refractivity contribution in [1.82, 2.24) is 4.31 Å². The van der Waals surface area contributed by atoms with Crippen LogP contribution in [0.4, 0.5) is 0 Å². The molecule has 0 saturated carbocycles. The highest BCUT2D eigenvalue weighted by Gasteiger charge is 2.42. The Balaban J connectivity index is 2.13. The van der Waals surface area contributed by atoms with Crippen molar-refractivity contribution in [3.63, 3.8) is 0 Å². The van der Waals surface area contributed by atoms with Crippen molar-refractivity contribution in [3.05, 3.63) is 42.5 Å². The highest BCUT2D eigenvalue weighted by Crippen LogP contribution is 2.34. The molecular weight excluding hydrogens is 298 g/mol. The number of rotatable bonds is 3. The molecule has 1 atom stereocenters. The molecule has 22 heavy (non-hydrogen) atoms. The highest BCUT2D eigenvalue weighted by atomic mass is 32.2.